The molecule has 0 unspecified atom stereocenters. The molecule has 1 aromatic rings. The summed E-state index contributed by atoms with van der Waals surface area (Å²) in [6.07, 6.45) is 5.38. The number of ketones is 1. The molecule has 64 valence electrons. The summed E-state index contributed by atoms with van der Waals surface area (Å²) in [5.74, 6) is 0.0787. The van der Waals surface area contributed by atoms with Crippen molar-refractivity contribution < 1.29 is 4.79 Å². The number of nitrogens with one attached hydrogen (secondary N) is 1. The average molecular weight is 163 g/mol. The number of hydrogen-bond acceptors (Lipinski definition) is 1. The van der Waals surface area contributed by atoms with Crippen LogP contribution < -0.4 is 0 Å². The van der Waals surface area contributed by atoms with E-state index in [4.69, 9.17) is 0 Å². The predicted molar refractivity (Wildman–Crippen MR) is 50.0 cm³/mol. The second-order valence-electron chi connectivity index (χ2n) is 2.95. The van der Waals surface area contributed by atoms with E-state index in [0.717, 1.165) is 11.3 Å². The Balaban J connectivity index is 2.95. The van der Waals surface area contributed by atoms with Crippen LogP contribution in [0.15, 0.2) is 12.3 Å². The topological polar surface area (TPSA) is 32.9 Å². The van der Waals surface area contributed by atoms with Crippen LogP contribution in [0.3, 0.4) is 0 Å². The monoisotopic (exact) mass is 163 g/mol. The molecule has 1 heterocycles. The highest BCUT2D eigenvalue weighted by atomic mass is 16.1. The van der Waals surface area contributed by atoms with E-state index in [2.05, 4.69) is 4.98 Å². The molecular formula is C10H13NO. The van der Waals surface area contributed by atoms with Crippen molar-refractivity contribution in [1.29, 1.82) is 0 Å². The Morgan fingerprint density at radius 3 is 2.58 bits per heavy atom. The van der Waals surface area contributed by atoms with Crippen LogP contribution in [0, 0.1) is 13.8 Å². The Morgan fingerprint density at radius 1 is 1.50 bits per heavy atom. The molecule has 12 heavy (non-hydrogen) atoms. The minimum Gasteiger partial charge on any atom is -0.364 e. The van der Waals surface area contributed by atoms with Gasteiger partial charge in [0.25, 0.3) is 0 Å². The highest BCUT2D eigenvalue weighted by Crippen LogP contribution is 2.13. The van der Waals surface area contributed by atoms with Crippen molar-refractivity contribution in [2.24, 2.45) is 0 Å². The first-order chi connectivity index (χ1) is 5.61. The van der Waals surface area contributed by atoms with Gasteiger partial charge in [-0.2, -0.15) is 0 Å². The average Bonchev–Trinajstić information content (AvgIpc) is 2.28. The summed E-state index contributed by atoms with van der Waals surface area (Å²) >= 11 is 0. The quantitative estimate of drug-likeness (QED) is 0.666. The molecule has 1 aromatic heterocycles. The molecule has 0 radical (unpaired) electrons. The zero-order chi connectivity index (χ0) is 9.14. The van der Waals surface area contributed by atoms with Crippen LogP contribution in [0.4, 0.5) is 0 Å². The van der Waals surface area contributed by atoms with Crippen LogP contribution in [0.5, 0.6) is 0 Å². The van der Waals surface area contributed by atoms with Crippen molar-refractivity contribution in [2.45, 2.75) is 20.8 Å². The molecule has 0 amide bonds. The zero-order valence-corrected chi connectivity index (χ0v) is 7.64. The van der Waals surface area contributed by atoms with Gasteiger partial charge in [0.05, 0.1) is 0 Å². The molecule has 0 aliphatic rings. The number of allylic oxidation sites excluding steroid dienone is 1. The van der Waals surface area contributed by atoms with Gasteiger partial charge in [-0.25, -0.2) is 0 Å². The van der Waals surface area contributed by atoms with E-state index in [0.29, 0.717) is 0 Å². The molecule has 1 N–H and O–H groups in total. The van der Waals surface area contributed by atoms with Crippen molar-refractivity contribution >= 4 is 11.9 Å². The summed E-state index contributed by atoms with van der Waals surface area (Å²) in [6.45, 7) is 5.56. The van der Waals surface area contributed by atoms with Crippen LogP contribution in [-0.4, -0.2) is 10.8 Å². The fourth-order valence-electron chi connectivity index (χ4n) is 1.12. The number of H-pyrrole nitrogens is 1. The number of rotatable bonds is 2. The van der Waals surface area contributed by atoms with Crippen molar-refractivity contribution in [2.75, 3.05) is 0 Å². The van der Waals surface area contributed by atoms with Gasteiger partial charge in [-0.3, -0.25) is 4.79 Å². The summed E-state index contributed by atoms with van der Waals surface area (Å²) in [5.41, 5.74) is 3.39. The van der Waals surface area contributed by atoms with Crippen LogP contribution in [0.1, 0.15) is 23.7 Å². The molecule has 1 rings (SSSR count). The fraction of sp³-hybridized carbons (Fsp3) is 0.300. The van der Waals surface area contributed by atoms with Crippen LogP contribution in [-0.2, 0) is 4.79 Å². The van der Waals surface area contributed by atoms with Crippen molar-refractivity contribution in [3.8, 4) is 0 Å². The lowest BCUT2D eigenvalue weighted by atomic mass is 10.1. The van der Waals surface area contributed by atoms with E-state index in [-0.39, 0.29) is 5.78 Å². The number of aromatic amines is 1. The molecular weight excluding hydrogens is 150 g/mol. The Hall–Kier alpha value is -1.31. The van der Waals surface area contributed by atoms with Gasteiger partial charge in [0.1, 0.15) is 0 Å². The lowest BCUT2D eigenvalue weighted by molar-refractivity contribution is -0.112. The van der Waals surface area contributed by atoms with E-state index in [1.165, 1.54) is 5.56 Å². The second kappa shape index (κ2) is 3.39. The smallest absolute Gasteiger partial charge is 0.152 e. The Morgan fingerprint density at radius 2 is 2.17 bits per heavy atom. The standard InChI is InChI=1S/C10H13NO/c1-7-6-11-9(3)10(7)5-4-8(2)12/h4-6,11H,1-3H3/b5-4+. The van der Waals surface area contributed by atoms with Gasteiger partial charge < -0.3 is 4.98 Å². The molecule has 0 atom stereocenters. The minimum atomic E-state index is 0.0787. The Labute approximate surface area is 72.3 Å². The lowest BCUT2D eigenvalue weighted by Crippen LogP contribution is -1.82. The van der Waals surface area contributed by atoms with Gasteiger partial charge in [0.15, 0.2) is 5.78 Å². The van der Waals surface area contributed by atoms with Crippen LogP contribution in [0.2, 0.25) is 0 Å². The van der Waals surface area contributed by atoms with Gasteiger partial charge in [0.2, 0.25) is 0 Å². The molecule has 0 aromatic carbocycles. The molecule has 0 spiro atoms. The molecule has 0 aliphatic heterocycles. The number of hydrogen-bond donors (Lipinski definition) is 1. The van der Waals surface area contributed by atoms with Gasteiger partial charge in [-0.05, 0) is 44.1 Å². The first kappa shape index (κ1) is 8.78. The lowest BCUT2D eigenvalue weighted by Gasteiger charge is -1.91. The van der Waals surface area contributed by atoms with Gasteiger partial charge >= 0.3 is 0 Å². The van der Waals surface area contributed by atoms with Gasteiger partial charge in [-0.15, -0.1) is 0 Å². The summed E-state index contributed by atoms with van der Waals surface area (Å²) in [7, 11) is 0. The largest absolute Gasteiger partial charge is 0.364 e. The predicted octanol–water partition coefficient (Wildman–Crippen LogP) is 2.23. The zero-order valence-electron chi connectivity index (χ0n) is 7.64. The Kier molecular flexibility index (Phi) is 2.48. The molecule has 0 saturated carbocycles. The SMILES string of the molecule is CC(=O)/C=C/c1c(C)c[nH]c1C. The van der Waals surface area contributed by atoms with Gasteiger partial charge in [0, 0.05) is 11.9 Å². The van der Waals surface area contributed by atoms with Crippen LogP contribution in [0.25, 0.3) is 6.08 Å². The van der Waals surface area contributed by atoms with Crippen LogP contribution >= 0.6 is 0 Å². The third kappa shape index (κ3) is 1.84. The summed E-state index contributed by atoms with van der Waals surface area (Å²) in [6, 6.07) is 0. The van der Waals surface area contributed by atoms with Gasteiger partial charge in [-0.1, -0.05) is 0 Å². The third-order valence-corrected chi connectivity index (χ3v) is 1.82. The van der Waals surface area contributed by atoms with E-state index in [1.54, 1.807) is 13.0 Å². The minimum absolute atomic E-state index is 0.0787. The number of carbonyl (C=O) groups excluding carboxylic acids is 1. The first-order valence-corrected chi connectivity index (χ1v) is 3.94. The van der Waals surface area contributed by atoms with E-state index in [1.807, 2.05) is 26.1 Å². The number of carbonyl (C=O) groups is 1. The fourth-order valence-corrected chi connectivity index (χ4v) is 1.12. The summed E-state index contributed by atoms with van der Waals surface area (Å²) in [4.78, 5) is 13.8. The number of aromatic nitrogens is 1. The maximum atomic E-state index is 10.7. The molecule has 2 nitrogen and oxygen atoms in total. The third-order valence-electron chi connectivity index (χ3n) is 1.82. The highest BCUT2D eigenvalue weighted by Gasteiger charge is 1.99. The maximum Gasteiger partial charge on any atom is 0.152 e. The molecule has 0 saturated heterocycles. The van der Waals surface area contributed by atoms with Crippen molar-refractivity contribution in [3.63, 3.8) is 0 Å². The maximum absolute atomic E-state index is 10.7. The first-order valence-electron chi connectivity index (χ1n) is 3.94. The second-order valence-corrected chi connectivity index (χ2v) is 2.95. The number of aryl methyl sites for hydroxylation is 2. The summed E-state index contributed by atoms with van der Waals surface area (Å²) < 4.78 is 0. The van der Waals surface area contributed by atoms with E-state index >= 15 is 0 Å². The Bertz CT molecular complexity index is 301. The summed E-state index contributed by atoms with van der Waals surface area (Å²) in [5, 5.41) is 0. The normalized spacial score (nSPS) is 10.9. The van der Waals surface area contributed by atoms with Crippen molar-refractivity contribution in [1.82, 2.24) is 4.98 Å². The van der Waals surface area contributed by atoms with Crippen molar-refractivity contribution in [3.05, 3.63) is 29.1 Å². The highest BCUT2D eigenvalue weighted by molar-refractivity contribution is 5.91. The van der Waals surface area contributed by atoms with E-state index < -0.39 is 0 Å². The molecule has 2 heteroatoms. The molecule has 0 aliphatic carbocycles. The molecule has 0 bridgehead atoms. The van der Waals surface area contributed by atoms with E-state index in [9.17, 15) is 4.79 Å². The molecule has 0 fully saturated rings.